The second-order valence-electron chi connectivity index (χ2n) is 5.20. The zero-order chi connectivity index (χ0) is 15.2. The molecule has 0 amide bonds. The molecule has 1 N–H and O–H groups in total. The lowest BCUT2D eigenvalue weighted by Gasteiger charge is -2.21. The molecule has 1 aromatic carbocycles. The van der Waals surface area contributed by atoms with E-state index in [2.05, 4.69) is 0 Å². The third-order valence-corrected chi connectivity index (χ3v) is 5.01. The van der Waals surface area contributed by atoms with Crippen LogP contribution >= 0.6 is 11.8 Å². The number of aliphatic carboxylic acids is 1. The summed E-state index contributed by atoms with van der Waals surface area (Å²) in [4.78, 5) is 34.7. The van der Waals surface area contributed by atoms with E-state index in [4.69, 9.17) is 5.11 Å². The summed E-state index contributed by atoms with van der Waals surface area (Å²) in [5, 5.41) is 9.10. The van der Waals surface area contributed by atoms with E-state index in [0.29, 0.717) is 10.8 Å². The number of Topliss-reactive ketones (excluding diaryl/α,β-unsaturated/α-hetero) is 2. The van der Waals surface area contributed by atoms with Gasteiger partial charge in [0.2, 0.25) is 5.78 Å². The summed E-state index contributed by atoms with van der Waals surface area (Å²) in [7, 11) is 0. The van der Waals surface area contributed by atoms with Crippen molar-refractivity contribution in [1.29, 1.82) is 0 Å². The van der Waals surface area contributed by atoms with Crippen molar-refractivity contribution >= 4 is 29.3 Å². The van der Waals surface area contributed by atoms with Crippen LogP contribution in [-0.2, 0) is 9.59 Å². The highest BCUT2D eigenvalue weighted by Gasteiger charge is 2.22. The van der Waals surface area contributed by atoms with Crippen LogP contribution in [0.5, 0.6) is 0 Å². The molecule has 0 atom stereocenters. The summed E-state index contributed by atoms with van der Waals surface area (Å²) in [5.41, 5.74) is 0.461. The smallest absolute Gasteiger partial charge is 0.372 e. The summed E-state index contributed by atoms with van der Waals surface area (Å²) in [6.45, 7) is 0. The van der Waals surface area contributed by atoms with Gasteiger partial charge in [0.05, 0.1) is 6.42 Å². The highest BCUT2D eigenvalue weighted by Crippen LogP contribution is 2.35. The molecule has 2 rings (SSSR count). The lowest BCUT2D eigenvalue weighted by Crippen LogP contribution is -2.18. The average molecular weight is 306 g/mol. The molecule has 4 nitrogen and oxygen atoms in total. The van der Waals surface area contributed by atoms with E-state index in [1.54, 1.807) is 23.9 Å². The predicted molar refractivity (Wildman–Crippen MR) is 80.8 cm³/mol. The van der Waals surface area contributed by atoms with Gasteiger partial charge in [0.15, 0.2) is 5.78 Å². The summed E-state index contributed by atoms with van der Waals surface area (Å²) >= 11 is 1.68. The number of carbonyl (C=O) groups is 3. The Balaban J connectivity index is 2.10. The number of carboxylic acid groups (broad SMARTS) is 1. The normalized spacial score (nSPS) is 15.6. The van der Waals surface area contributed by atoms with Crippen LogP contribution in [0.4, 0.5) is 0 Å². The summed E-state index contributed by atoms with van der Waals surface area (Å²) in [6.07, 6.45) is 5.40. The minimum absolute atomic E-state index is 0.415. The fourth-order valence-corrected chi connectivity index (χ4v) is 3.87. The van der Waals surface area contributed by atoms with Crippen molar-refractivity contribution in [2.24, 2.45) is 0 Å². The molecule has 0 spiro atoms. The quantitative estimate of drug-likeness (QED) is 0.496. The second-order valence-corrected chi connectivity index (χ2v) is 6.54. The van der Waals surface area contributed by atoms with Gasteiger partial charge in [-0.2, -0.15) is 0 Å². The standard InChI is InChI=1S/C16H18O4S/c17-13(10-14(18)16(19)20)12-8-4-5-9-15(12)21-11-6-2-1-3-7-11/h4-5,8-9,11H,1-3,6-7,10H2,(H,19,20). The Hall–Kier alpha value is -1.62. The van der Waals surface area contributed by atoms with E-state index < -0.39 is 24.0 Å². The van der Waals surface area contributed by atoms with Crippen LogP contribution in [0.2, 0.25) is 0 Å². The SMILES string of the molecule is O=C(O)C(=O)CC(=O)c1ccccc1SC1CCCCC1. The topological polar surface area (TPSA) is 71.4 Å². The molecule has 1 aliphatic carbocycles. The van der Waals surface area contributed by atoms with Crippen molar-refractivity contribution in [1.82, 2.24) is 0 Å². The maximum absolute atomic E-state index is 12.1. The van der Waals surface area contributed by atoms with E-state index in [0.717, 1.165) is 17.7 Å². The number of carbonyl (C=O) groups excluding carboxylic acids is 2. The van der Waals surface area contributed by atoms with E-state index >= 15 is 0 Å². The fraction of sp³-hybridized carbons (Fsp3) is 0.438. The highest BCUT2D eigenvalue weighted by atomic mass is 32.2. The number of ketones is 2. The molecule has 0 radical (unpaired) electrons. The Morgan fingerprint density at radius 3 is 2.43 bits per heavy atom. The third kappa shape index (κ3) is 4.43. The molecule has 0 heterocycles. The van der Waals surface area contributed by atoms with E-state index in [1.807, 2.05) is 12.1 Å². The number of benzene rings is 1. The van der Waals surface area contributed by atoms with Crippen molar-refractivity contribution < 1.29 is 19.5 Å². The van der Waals surface area contributed by atoms with E-state index in [1.165, 1.54) is 19.3 Å². The Morgan fingerprint density at radius 1 is 1.10 bits per heavy atom. The molecule has 0 unspecified atom stereocenters. The Bertz CT molecular complexity index is 547. The van der Waals surface area contributed by atoms with E-state index in [9.17, 15) is 14.4 Å². The molecule has 0 saturated heterocycles. The molecule has 1 aromatic rings. The maximum Gasteiger partial charge on any atom is 0.372 e. The van der Waals surface area contributed by atoms with E-state index in [-0.39, 0.29) is 0 Å². The van der Waals surface area contributed by atoms with Crippen LogP contribution < -0.4 is 0 Å². The zero-order valence-electron chi connectivity index (χ0n) is 11.7. The minimum atomic E-state index is -1.55. The van der Waals surface area contributed by atoms with Crippen molar-refractivity contribution in [3.63, 3.8) is 0 Å². The lowest BCUT2D eigenvalue weighted by molar-refractivity contribution is -0.148. The summed E-state index contributed by atoms with van der Waals surface area (Å²) in [5.74, 6) is -3.03. The molecule has 0 aromatic heterocycles. The number of hydrogen-bond acceptors (Lipinski definition) is 4. The summed E-state index contributed by atoms with van der Waals surface area (Å²) in [6, 6.07) is 7.14. The molecule has 5 heteroatoms. The van der Waals surface area contributed by atoms with Gasteiger partial charge in [-0.1, -0.05) is 37.5 Å². The molecule has 0 aliphatic heterocycles. The van der Waals surface area contributed by atoms with Gasteiger partial charge in [0, 0.05) is 15.7 Å². The van der Waals surface area contributed by atoms with Gasteiger partial charge in [-0.15, -0.1) is 11.8 Å². The van der Waals surface area contributed by atoms with Crippen LogP contribution in [0.15, 0.2) is 29.2 Å². The predicted octanol–water partition coefficient (Wildman–Crippen LogP) is 3.34. The first-order chi connectivity index (χ1) is 10.1. The molecular formula is C16H18O4S. The molecule has 0 bridgehead atoms. The number of thioether (sulfide) groups is 1. The summed E-state index contributed by atoms with van der Waals surface area (Å²) < 4.78 is 0. The van der Waals surface area contributed by atoms with Crippen molar-refractivity contribution in [3.05, 3.63) is 29.8 Å². The van der Waals surface area contributed by atoms with Gasteiger partial charge in [-0.3, -0.25) is 9.59 Å². The third-order valence-electron chi connectivity index (χ3n) is 3.59. The first kappa shape index (κ1) is 15.8. The largest absolute Gasteiger partial charge is 0.475 e. The Kier molecular flexibility index (Phi) is 5.56. The van der Waals surface area contributed by atoms with Crippen molar-refractivity contribution in [2.75, 3.05) is 0 Å². The van der Waals surface area contributed by atoms with Crippen LogP contribution in [0.25, 0.3) is 0 Å². The maximum atomic E-state index is 12.1. The molecule has 21 heavy (non-hydrogen) atoms. The van der Waals surface area contributed by atoms with Crippen molar-refractivity contribution in [3.8, 4) is 0 Å². The molecule has 1 saturated carbocycles. The molecule has 1 aliphatic rings. The van der Waals surface area contributed by atoms with Gasteiger partial charge < -0.3 is 5.11 Å². The Labute approximate surface area is 127 Å². The second kappa shape index (κ2) is 7.41. The average Bonchev–Trinajstić information content (AvgIpc) is 2.48. The molecule has 1 fully saturated rings. The van der Waals surface area contributed by atoms with Crippen LogP contribution in [0.1, 0.15) is 48.9 Å². The lowest BCUT2D eigenvalue weighted by atomic mass is 10.0. The van der Waals surface area contributed by atoms with Gasteiger partial charge in [0.1, 0.15) is 0 Å². The fourth-order valence-electron chi connectivity index (χ4n) is 2.48. The number of hydrogen-bond donors (Lipinski definition) is 1. The molecule has 112 valence electrons. The zero-order valence-corrected chi connectivity index (χ0v) is 12.5. The highest BCUT2D eigenvalue weighted by molar-refractivity contribution is 8.00. The van der Waals surface area contributed by atoms with Gasteiger partial charge in [0.25, 0.3) is 0 Å². The van der Waals surface area contributed by atoms with Crippen molar-refractivity contribution in [2.45, 2.75) is 48.7 Å². The minimum Gasteiger partial charge on any atom is -0.475 e. The number of carboxylic acids is 1. The van der Waals surface area contributed by atoms with Crippen LogP contribution in [-0.4, -0.2) is 27.9 Å². The Morgan fingerprint density at radius 2 is 1.76 bits per heavy atom. The first-order valence-electron chi connectivity index (χ1n) is 7.13. The van der Waals surface area contributed by atoms with Crippen LogP contribution in [0.3, 0.4) is 0 Å². The van der Waals surface area contributed by atoms with Gasteiger partial charge in [-0.05, 0) is 18.9 Å². The monoisotopic (exact) mass is 306 g/mol. The van der Waals surface area contributed by atoms with Crippen LogP contribution in [0, 0.1) is 0 Å². The van der Waals surface area contributed by atoms with Gasteiger partial charge >= 0.3 is 5.97 Å². The first-order valence-corrected chi connectivity index (χ1v) is 8.01. The molecular weight excluding hydrogens is 288 g/mol. The number of rotatable bonds is 6. The van der Waals surface area contributed by atoms with Gasteiger partial charge in [-0.25, -0.2) is 4.79 Å².